The molecule has 1 heterocycles. The topological polar surface area (TPSA) is 29.5 Å². The molecule has 0 N–H and O–H groups in total. The van der Waals surface area contributed by atoms with Crippen molar-refractivity contribution in [1.82, 2.24) is 0 Å². The number of anilines is 1. The van der Waals surface area contributed by atoms with E-state index in [1.165, 1.54) is 5.56 Å². The van der Waals surface area contributed by atoms with Gasteiger partial charge in [0.1, 0.15) is 5.75 Å². The van der Waals surface area contributed by atoms with Crippen molar-refractivity contribution in [3.63, 3.8) is 0 Å². The Balaban J connectivity index is 1.72. The zero-order valence-corrected chi connectivity index (χ0v) is 20.0. The molecule has 33 heavy (non-hydrogen) atoms. The Kier molecular flexibility index (Phi) is 7.00. The summed E-state index contributed by atoms with van der Waals surface area (Å²) in [5, 5.41) is 0.665. The maximum atomic E-state index is 13.6. The Bertz CT molecular complexity index is 1180. The maximum absolute atomic E-state index is 13.6. The summed E-state index contributed by atoms with van der Waals surface area (Å²) >= 11 is 6.11. The number of carbonyl (C=O) groups excluding carboxylic acids is 1. The van der Waals surface area contributed by atoms with Gasteiger partial charge in [0.15, 0.2) is 0 Å². The Morgan fingerprint density at radius 1 is 0.939 bits per heavy atom. The first-order chi connectivity index (χ1) is 16.0. The van der Waals surface area contributed by atoms with E-state index in [4.69, 9.17) is 16.3 Å². The highest BCUT2D eigenvalue weighted by molar-refractivity contribution is 6.30. The summed E-state index contributed by atoms with van der Waals surface area (Å²) < 4.78 is 5.53. The van der Waals surface area contributed by atoms with Crippen LogP contribution in [0.25, 0.3) is 11.8 Å². The van der Waals surface area contributed by atoms with E-state index in [0.29, 0.717) is 23.1 Å². The second kappa shape index (κ2) is 10.1. The summed E-state index contributed by atoms with van der Waals surface area (Å²) in [6, 6.07) is 23.6. The van der Waals surface area contributed by atoms with Gasteiger partial charge in [0.05, 0.1) is 12.3 Å². The van der Waals surface area contributed by atoms with Gasteiger partial charge in [-0.2, -0.15) is 0 Å². The Morgan fingerprint density at radius 3 is 2.21 bits per heavy atom. The molecule has 0 aromatic heterocycles. The zero-order chi connectivity index (χ0) is 23.4. The molecule has 0 saturated carbocycles. The van der Waals surface area contributed by atoms with Gasteiger partial charge in [-0.3, -0.25) is 9.69 Å². The van der Waals surface area contributed by atoms with Crippen LogP contribution in [0.4, 0.5) is 5.69 Å². The molecule has 0 fully saturated rings. The summed E-state index contributed by atoms with van der Waals surface area (Å²) in [4.78, 5) is 15.3. The van der Waals surface area contributed by atoms with Crippen molar-refractivity contribution in [3.8, 4) is 5.75 Å². The zero-order valence-electron chi connectivity index (χ0n) is 19.2. The van der Waals surface area contributed by atoms with E-state index in [-0.39, 0.29) is 5.91 Å². The van der Waals surface area contributed by atoms with Crippen LogP contribution in [0.5, 0.6) is 5.75 Å². The summed E-state index contributed by atoms with van der Waals surface area (Å²) in [6.07, 6.45) is 4.94. The van der Waals surface area contributed by atoms with Gasteiger partial charge >= 0.3 is 0 Å². The van der Waals surface area contributed by atoms with Crippen LogP contribution < -0.4 is 9.64 Å². The lowest BCUT2D eigenvalue weighted by atomic mass is 9.98. The third-order valence-corrected chi connectivity index (χ3v) is 6.22. The lowest BCUT2D eigenvalue weighted by molar-refractivity contribution is -0.113. The standard InChI is InChI=1S/C29H28ClNO2/c1-4-20(3)22-10-14-26(15-11-22)31-28(23-8-12-25(30)13-9-23)19-24(29(31)32)18-21-6-16-27(17-7-21)33-5-2/h6-20H,4-5H2,1-3H3/b24-18+/t20-/m1/s1. The molecule has 0 radical (unpaired) electrons. The number of hydrogen-bond acceptors (Lipinski definition) is 2. The highest BCUT2D eigenvalue weighted by Crippen LogP contribution is 2.36. The molecule has 0 unspecified atom stereocenters. The third-order valence-electron chi connectivity index (χ3n) is 5.97. The van der Waals surface area contributed by atoms with E-state index >= 15 is 0 Å². The first kappa shape index (κ1) is 22.9. The molecular formula is C29H28ClNO2. The third kappa shape index (κ3) is 5.04. The molecule has 168 valence electrons. The van der Waals surface area contributed by atoms with Crippen molar-refractivity contribution in [2.75, 3.05) is 11.5 Å². The Hall–Kier alpha value is -3.30. The molecule has 1 aliphatic rings. The van der Waals surface area contributed by atoms with Crippen molar-refractivity contribution < 1.29 is 9.53 Å². The summed E-state index contributed by atoms with van der Waals surface area (Å²) in [5.41, 5.74) is 5.48. The molecule has 0 bridgehead atoms. The van der Waals surface area contributed by atoms with Crippen LogP contribution in [0.2, 0.25) is 5.02 Å². The van der Waals surface area contributed by atoms with Gasteiger partial charge in [-0.25, -0.2) is 0 Å². The van der Waals surface area contributed by atoms with E-state index in [1.807, 2.05) is 79.7 Å². The van der Waals surface area contributed by atoms with Gasteiger partial charge in [-0.05, 0) is 84.5 Å². The number of benzene rings is 3. The molecule has 0 saturated heterocycles. The number of halogens is 1. The van der Waals surface area contributed by atoms with Crippen molar-refractivity contribution in [1.29, 1.82) is 0 Å². The molecule has 3 aromatic rings. The van der Waals surface area contributed by atoms with E-state index in [9.17, 15) is 4.79 Å². The van der Waals surface area contributed by atoms with Crippen LogP contribution in [0.15, 0.2) is 84.4 Å². The number of nitrogens with zero attached hydrogens (tertiary/aromatic N) is 1. The minimum atomic E-state index is -0.0508. The fraction of sp³-hybridized carbons (Fsp3) is 0.207. The summed E-state index contributed by atoms with van der Waals surface area (Å²) in [6.45, 7) is 6.98. The molecule has 1 atom stereocenters. The summed E-state index contributed by atoms with van der Waals surface area (Å²) in [5.74, 6) is 1.25. The maximum Gasteiger partial charge on any atom is 0.262 e. The fourth-order valence-electron chi connectivity index (χ4n) is 3.90. The molecule has 1 amide bonds. The van der Waals surface area contributed by atoms with Crippen LogP contribution in [-0.2, 0) is 4.79 Å². The largest absolute Gasteiger partial charge is 0.494 e. The van der Waals surface area contributed by atoms with Crippen molar-refractivity contribution in [3.05, 3.63) is 106 Å². The SMILES string of the molecule is CCOc1ccc(/C=C2\C=C(c3ccc(Cl)cc3)N(c3ccc([C@H](C)CC)cc3)C2=O)cc1. The van der Waals surface area contributed by atoms with Gasteiger partial charge in [-0.1, -0.05) is 61.8 Å². The van der Waals surface area contributed by atoms with Gasteiger partial charge < -0.3 is 4.74 Å². The predicted octanol–water partition coefficient (Wildman–Crippen LogP) is 7.72. The molecular weight excluding hydrogens is 430 g/mol. The second-order valence-electron chi connectivity index (χ2n) is 8.18. The number of ether oxygens (including phenoxy) is 1. The first-order valence-electron chi connectivity index (χ1n) is 11.4. The average molecular weight is 458 g/mol. The molecule has 4 heteroatoms. The highest BCUT2D eigenvalue weighted by Gasteiger charge is 2.30. The average Bonchev–Trinajstić information content (AvgIpc) is 3.16. The van der Waals surface area contributed by atoms with Crippen molar-refractivity contribution >= 4 is 35.0 Å². The van der Waals surface area contributed by atoms with E-state index in [2.05, 4.69) is 26.0 Å². The highest BCUT2D eigenvalue weighted by atomic mass is 35.5. The summed E-state index contributed by atoms with van der Waals surface area (Å²) in [7, 11) is 0. The van der Waals surface area contributed by atoms with Crippen LogP contribution in [-0.4, -0.2) is 12.5 Å². The lowest BCUT2D eigenvalue weighted by Gasteiger charge is -2.22. The van der Waals surface area contributed by atoms with Gasteiger partial charge in [0, 0.05) is 16.3 Å². The van der Waals surface area contributed by atoms with E-state index < -0.39 is 0 Å². The van der Waals surface area contributed by atoms with E-state index in [1.54, 1.807) is 4.90 Å². The molecule has 3 aromatic carbocycles. The first-order valence-corrected chi connectivity index (χ1v) is 11.7. The number of amides is 1. The number of hydrogen-bond donors (Lipinski definition) is 0. The van der Waals surface area contributed by atoms with E-state index in [0.717, 1.165) is 34.7 Å². The quantitative estimate of drug-likeness (QED) is 0.340. The number of rotatable bonds is 7. The Labute approximate surface area is 201 Å². The van der Waals surface area contributed by atoms with Gasteiger partial charge in [0.2, 0.25) is 0 Å². The smallest absolute Gasteiger partial charge is 0.262 e. The molecule has 1 aliphatic heterocycles. The predicted molar refractivity (Wildman–Crippen MR) is 138 cm³/mol. The van der Waals surface area contributed by atoms with Crippen molar-refractivity contribution in [2.24, 2.45) is 0 Å². The van der Waals surface area contributed by atoms with Crippen LogP contribution >= 0.6 is 11.6 Å². The lowest BCUT2D eigenvalue weighted by Crippen LogP contribution is -2.25. The molecule has 0 spiro atoms. The Morgan fingerprint density at radius 2 is 1.61 bits per heavy atom. The van der Waals surface area contributed by atoms with Crippen LogP contribution in [0.3, 0.4) is 0 Å². The normalized spacial score (nSPS) is 15.6. The molecule has 3 nitrogen and oxygen atoms in total. The monoisotopic (exact) mass is 457 g/mol. The van der Waals surface area contributed by atoms with Crippen LogP contribution in [0, 0.1) is 0 Å². The minimum absolute atomic E-state index is 0.0508. The van der Waals surface area contributed by atoms with Gasteiger partial charge in [0.25, 0.3) is 5.91 Å². The number of carbonyl (C=O) groups is 1. The van der Waals surface area contributed by atoms with Crippen molar-refractivity contribution in [2.45, 2.75) is 33.1 Å². The molecule has 0 aliphatic carbocycles. The van der Waals surface area contributed by atoms with Crippen LogP contribution in [0.1, 0.15) is 49.8 Å². The minimum Gasteiger partial charge on any atom is -0.494 e. The fourth-order valence-corrected chi connectivity index (χ4v) is 4.03. The van der Waals surface area contributed by atoms with Gasteiger partial charge in [-0.15, -0.1) is 0 Å². The molecule has 4 rings (SSSR count). The second-order valence-corrected chi connectivity index (χ2v) is 8.62.